The first-order valence-corrected chi connectivity index (χ1v) is 7.12. The Morgan fingerprint density at radius 3 is 2.53 bits per heavy atom. The van der Waals surface area contributed by atoms with Gasteiger partial charge in [-0.05, 0) is 43.4 Å². The standard InChI is InChI=1S/C16H22N2O/c1-12(14-4-2-3-5-14)18-11-16(19)15-8-6-13(10-17)7-9-15/h6-9,12,14,16,18-19H,2-5,11H2,1H3. The molecular formula is C16H22N2O. The number of nitrogens with one attached hydrogen (secondary N) is 1. The summed E-state index contributed by atoms with van der Waals surface area (Å²) in [5.74, 6) is 0.758. The Balaban J connectivity index is 1.82. The third-order valence-corrected chi connectivity index (χ3v) is 4.16. The molecule has 1 aliphatic rings. The van der Waals surface area contributed by atoms with E-state index in [4.69, 9.17) is 5.26 Å². The van der Waals surface area contributed by atoms with Gasteiger partial charge in [0.15, 0.2) is 0 Å². The Bertz CT molecular complexity index is 429. The van der Waals surface area contributed by atoms with Gasteiger partial charge in [-0.2, -0.15) is 5.26 Å². The highest BCUT2D eigenvalue weighted by atomic mass is 16.3. The zero-order valence-electron chi connectivity index (χ0n) is 11.5. The Morgan fingerprint density at radius 2 is 1.95 bits per heavy atom. The van der Waals surface area contributed by atoms with Gasteiger partial charge in [-0.1, -0.05) is 25.0 Å². The average Bonchev–Trinajstić information content (AvgIpc) is 2.98. The first-order valence-electron chi connectivity index (χ1n) is 7.12. The van der Waals surface area contributed by atoms with Crippen molar-refractivity contribution in [1.29, 1.82) is 5.26 Å². The van der Waals surface area contributed by atoms with Crippen LogP contribution in [0.1, 0.15) is 49.8 Å². The highest BCUT2D eigenvalue weighted by Crippen LogP contribution is 2.27. The molecule has 3 nitrogen and oxygen atoms in total. The minimum Gasteiger partial charge on any atom is -0.387 e. The highest BCUT2D eigenvalue weighted by molar-refractivity contribution is 5.32. The molecule has 1 fully saturated rings. The van der Waals surface area contributed by atoms with Crippen molar-refractivity contribution < 1.29 is 5.11 Å². The van der Waals surface area contributed by atoms with Gasteiger partial charge in [-0.15, -0.1) is 0 Å². The first-order chi connectivity index (χ1) is 9.20. The maximum atomic E-state index is 10.1. The van der Waals surface area contributed by atoms with Crippen LogP contribution in [0.4, 0.5) is 0 Å². The van der Waals surface area contributed by atoms with Crippen LogP contribution in [0, 0.1) is 17.2 Å². The lowest BCUT2D eigenvalue weighted by molar-refractivity contribution is 0.165. The SMILES string of the molecule is CC(NCC(O)c1ccc(C#N)cc1)C1CCCC1. The zero-order chi connectivity index (χ0) is 13.7. The van der Waals surface area contributed by atoms with E-state index in [1.165, 1.54) is 25.7 Å². The van der Waals surface area contributed by atoms with Crippen LogP contribution < -0.4 is 5.32 Å². The van der Waals surface area contributed by atoms with E-state index in [0.29, 0.717) is 18.2 Å². The largest absolute Gasteiger partial charge is 0.387 e. The molecule has 2 N–H and O–H groups in total. The summed E-state index contributed by atoms with van der Waals surface area (Å²) in [6.07, 6.45) is 4.79. The summed E-state index contributed by atoms with van der Waals surface area (Å²) in [6.45, 7) is 2.78. The average molecular weight is 258 g/mol. The van der Waals surface area contributed by atoms with Gasteiger partial charge in [0, 0.05) is 12.6 Å². The Morgan fingerprint density at radius 1 is 1.32 bits per heavy atom. The lowest BCUT2D eigenvalue weighted by atomic mass is 9.99. The first kappa shape index (κ1) is 14.0. The number of benzene rings is 1. The molecule has 2 atom stereocenters. The maximum absolute atomic E-state index is 10.1. The molecule has 2 unspecified atom stereocenters. The number of aliphatic hydroxyl groups is 1. The smallest absolute Gasteiger partial charge is 0.0991 e. The van der Waals surface area contributed by atoms with E-state index >= 15 is 0 Å². The Hall–Kier alpha value is -1.37. The summed E-state index contributed by atoms with van der Waals surface area (Å²) in [5, 5.41) is 22.3. The molecule has 1 aromatic carbocycles. The van der Waals surface area contributed by atoms with E-state index in [9.17, 15) is 5.11 Å². The lowest BCUT2D eigenvalue weighted by Crippen LogP contribution is -2.35. The van der Waals surface area contributed by atoms with Crippen LogP contribution in [0.5, 0.6) is 0 Å². The van der Waals surface area contributed by atoms with Gasteiger partial charge in [0.05, 0.1) is 17.7 Å². The highest BCUT2D eigenvalue weighted by Gasteiger charge is 2.21. The molecule has 0 aromatic heterocycles. The molecule has 0 amide bonds. The van der Waals surface area contributed by atoms with Crippen LogP contribution in [0.2, 0.25) is 0 Å². The monoisotopic (exact) mass is 258 g/mol. The third-order valence-electron chi connectivity index (χ3n) is 4.16. The van der Waals surface area contributed by atoms with E-state index < -0.39 is 6.10 Å². The van der Waals surface area contributed by atoms with Gasteiger partial charge in [-0.3, -0.25) is 0 Å². The van der Waals surface area contributed by atoms with E-state index in [2.05, 4.69) is 18.3 Å². The van der Waals surface area contributed by atoms with E-state index in [0.717, 1.165) is 11.5 Å². The lowest BCUT2D eigenvalue weighted by Gasteiger charge is -2.22. The molecule has 1 aliphatic carbocycles. The zero-order valence-corrected chi connectivity index (χ0v) is 11.5. The topological polar surface area (TPSA) is 56.0 Å². The van der Waals surface area contributed by atoms with Crippen molar-refractivity contribution >= 4 is 0 Å². The van der Waals surface area contributed by atoms with Gasteiger partial charge in [-0.25, -0.2) is 0 Å². The van der Waals surface area contributed by atoms with Gasteiger partial charge in [0.2, 0.25) is 0 Å². The molecular weight excluding hydrogens is 236 g/mol. The van der Waals surface area contributed by atoms with E-state index in [1.807, 2.05) is 12.1 Å². The molecule has 2 rings (SSSR count). The summed E-state index contributed by atoms with van der Waals surface area (Å²) in [4.78, 5) is 0. The maximum Gasteiger partial charge on any atom is 0.0991 e. The fourth-order valence-corrected chi connectivity index (χ4v) is 2.82. The summed E-state index contributed by atoms with van der Waals surface area (Å²) in [6, 6.07) is 9.70. The molecule has 1 saturated carbocycles. The number of nitriles is 1. The van der Waals surface area contributed by atoms with Gasteiger partial charge in [0.1, 0.15) is 0 Å². The second kappa shape index (κ2) is 6.70. The van der Waals surface area contributed by atoms with Crippen molar-refractivity contribution in [1.82, 2.24) is 5.32 Å². The normalized spacial score (nSPS) is 19.0. The summed E-state index contributed by atoms with van der Waals surface area (Å²) >= 11 is 0. The fraction of sp³-hybridized carbons (Fsp3) is 0.562. The molecule has 0 heterocycles. The van der Waals surface area contributed by atoms with E-state index in [-0.39, 0.29) is 0 Å². The van der Waals surface area contributed by atoms with E-state index in [1.54, 1.807) is 12.1 Å². The molecule has 0 radical (unpaired) electrons. The van der Waals surface area contributed by atoms with Crippen LogP contribution in [-0.2, 0) is 0 Å². The Labute approximate surface area is 115 Å². The summed E-state index contributed by atoms with van der Waals surface area (Å²) in [5.41, 5.74) is 1.49. The molecule has 0 bridgehead atoms. The van der Waals surface area contributed by atoms with Gasteiger partial charge >= 0.3 is 0 Å². The fourth-order valence-electron chi connectivity index (χ4n) is 2.82. The molecule has 102 valence electrons. The summed E-state index contributed by atoms with van der Waals surface area (Å²) in [7, 11) is 0. The predicted molar refractivity (Wildman–Crippen MR) is 75.5 cm³/mol. The minimum absolute atomic E-state index is 0.468. The number of nitrogens with zero attached hydrogens (tertiary/aromatic N) is 1. The van der Waals surface area contributed by atoms with Crippen molar-refractivity contribution in [2.45, 2.75) is 44.8 Å². The molecule has 0 saturated heterocycles. The summed E-state index contributed by atoms with van der Waals surface area (Å²) < 4.78 is 0. The number of hydrogen-bond acceptors (Lipinski definition) is 3. The van der Waals surface area contributed by atoms with Gasteiger partial charge < -0.3 is 10.4 Å². The van der Waals surface area contributed by atoms with Crippen LogP contribution in [0.15, 0.2) is 24.3 Å². The number of hydrogen-bond donors (Lipinski definition) is 2. The number of rotatable bonds is 5. The quantitative estimate of drug-likeness (QED) is 0.854. The molecule has 0 aliphatic heterocycles. The van der Waals surface area contributed by atoms with Crippen molar-refractivity contribution in [3.8, 4) is 6.07 Å². The second-order valence-electron chi connectivity index (χ2n) is 5.49. The second-order valence-corrected chi connectivity index (χ2v) is 5.49. The minimum atomic E-state index is -0.503. The van der Waals surface area contributed by atoms with Crippen LogP contribution in [0.3, 0.4) is 0 Å². The van der Waals surface area contributed by atoms with Crippen molar-refractivity contribution in [2.75, 3.05) is 6.54 Å². The van der Waals surface area contributed by atoms with Crippen molar-refractivity contribution in [3.05, 3.63) is 35.4 Å². The van der Waals surface area contributed by atoms with Crippen LogP contribution in [0.25, 0.3) is 0 Å². The molecule has 1 aromatic rings. The van der Waals surface area contributed by atoms with Crippen molar-refractivity contribution in [2.24, 2.45) is 5.92 Å². The van der Waals surface area contributed by atoms with Gasteiger partial charge in [0.25, 0.3) is 0 Å². The third kappa shape index (κ3) is 3.79. The predicted octanol–water partition coefficient (Wildman–Crippen LogP) is 2.76. The number of aliphatic hydroxyl groups excluding tert-OH is 1. The van der Waals surface area contributed by atoms with Crippen molar-refractivity contribution in [3.63, 3.8) is 0 Å². The molecule has 19 heavy (non-hydrogen) atoms. The molecule has 0 spiro atoms. The Kier molecular flexibility index (Phi) is 4.95. The molecule has 3 heteroatoms. The van der Waals surface area contributed by atoms with Crippen LogP contribution in [-0.4, -0.2) is 17.7 Å². The van der Waals surface area contributed by atoms with Crippen LogP contribution >= 0.6 is 0 Å².